The molecule has 0 bridgehead atoms. The molecular weight excluding hydrogens is 360 g/mol. The summed E-state index contributed by atoms with van der Waals surface area (Å²) in [5.74, 6) is 0.517. The van der Waals surface area contributed by atoms with Crippen molar-refractivity contribution in [3.63, 3.8) is 0 Å². The van der Waals surface area contributed by atoms with E-state index in [1.165, 1.54) is 0 Å². The van der Waals surface area contributed by atoms with E-state index in [2.05, 4.69) is 31.3 Å². The summed E-state index contributed by atoms with van der Waals surface area (Å²) in [5, 5.41) is 7.93. The second-order valence-corrected chi connectivity index (χ2v) is 5.75. The zero-order valence-corrected chi connectivity index (χ0v) is 14.3. The quantitative estimate of drug-likeness (QED) is 0.758. The first kappa shape index (κ1) is 15.5. The SMILES string of the molecule is CCn1ncc(Br)c1C(=O)Nc1cnc2cc(OC)ccc2c1. The zero-order valence-electron chi connectivity index (χ0n) is 12.7. The van der Waals surface area contributed by atoms with Crippen LogP contribution >= 0.6 is 15.9 Å². The number of hydrogen-bond donors (Lipinski definition) is 1. The molecule has 1 N–H and O–H groups in total. The minimum absolute atomic E-state index is 0.231. The highest BCUT2D eigenvalue weighted by atomic mass is 79.9. The monoisotopic (exact) mass is 374 g/mol. The molecule has 1 amide bonds. The molecule has 2 heterocycles. The van der Waals surface area contributed by atoms with E-state index >= 15 is 0 Å². The van der Waals surface area contributed by atoms with Crippen LogP contribution in [0.2, 0.25) is 0 Å². The van der Waals surface area contributed by atoms with E-state index in [1.807, 2.05) is 31.2 Å². The van der Waals surface area contributed by atoms with E-state index in [9.17, 15) is 4.79 Å². The Bertz CT molecular complexity index is 876. The molecule has 6 nitrogen and oxygen atoms in total. The first-order chi connectivity index (χ1) is 11.1. The molecule has 2 aromatic heterocycles. The first-order valence-corrected chi connectivity index (χ1v) is 7.88. The highest BCUT2D eigenvalue weighted by Crippen LogP contribution is 2.23. The summed E-state index contributed by atoms with van der Waals surface area (Å²) < 4.78 is 7.48. The fourth-order valence-electron chi connectivity index (χ4n) is 2.31. The summed E-state index contributed by atoms with van der Waals surface area (Å²) in [5.41, 5.74) is 1.92. The van der Waals surface area contributed by atoms with Crippen molar-refractivity contribution in [3.05, 3.63) is 46.8 Å². The number of nitrogens with one attached hydrogen (secondary N) is 1. The number of halogens is 1. The molecule has 23 heavy (non-hydrogen) atoms. The predicted molar refractivity (Wildman–Crippen MR) is 91.8 cm³/mol. The number of pyridine rings is 1. The van der Waals surface area contributed by atoms with Gasteiger partial charge in [-0.2, -0.15) is 5.10 Å². The number of hydrogen-bond acceptors (Lipinski definition) is 4. The number of amides is 1. The molecule has 0 atom stereocenters. The third-order valence-electron chi connectivity index (χ3n) is 3.46. The van der Waals surface area contributed by atoms with Crippen molar-refractivity contribution >= 4 is 38.4 Å². The van der Waals surface area contributed by atoms with E-state index in [1.54, 1.807) is 24.2 Å². The van der Waals surface area contributed by atoms with E-state index < -0.39 is 0 Å². The zero-order chi connectivity index (χ0) is 16.4. The molecule has 0 spiro atoms. The van der Waals surface area contributed by atoms with E-state index in [-0.39, 0.29) is 5.91 Å². The molecule has 118 valence electrons. The van der Waals surface area contributed by atoms with E-state index in [0.717, 1.165) is 16.7 Å². The fraction of sp³-hybridized carbons (Fsp3) is 0.188. The van der Waals surface area contributed by atoms with Gasteiger partial charge in [0.15, 0.2) is 0 Å². The highest BCUT2D eigenvalue weighted by molar-refractivity contribution is 9.10. The number of carbonyl (C=O) groups excluding carboxylic acids is 1. The van der Waals surface area contributed by atoms with Gasteiger partial charge in [-0.1, -0.05) is 0 Å². The molecule has 3 rings (SSSR count). The molecule has 0 unspecified atom stereocenters. The molecule has 0 aliphatic carbocycles. The normalized spacial score (nSPS) is 10.7. The lowest BCUT2D eigenvalue weighted by Gasteiger charge is -2.08. The van der Waals surface area contributed by atoms with Crippen LogP contribution in [0.4, 0.5) is 5.69 Å². The van der Waals surface area contributed by atoms with Gasteiger partial charge in [-0.05, 0) is 41.1 Å². The highest BCUT2D eigenvalue weighted by Gasteiger charge is 2.16. The Labute approximate surface area is 141 Å². The van der Waals surface area contributed by atoms with Gasteiger partial charge in [-0.25, -0.2) is 0 Å². The smallest absolute Gasteiger partial charge is 0.275 e. The largest absolute Gasteiger partial charge is 0.497 e. The molecule has 0 radical (unpaired) electrons. The number of rotatable bonds is 4. The number of benzene rings is 1. The third kappa shape index (κ3) is 3.05. The lowest BCUT2D eigenvalue weighted by molar-refractivity contribution is 0.101. The predicted octanol–water partition coefficient (Wildman–Crippen LogP) is 3.47. The van der Waals surface area contributed by atoms with Gasteiger partial charge in [-0.15, -0.1) is 0 Å². The van der Waals surface area contributed by atoms with Gasteiger partial charge >= 0.3 is 0 Å². The average Bonchev–Trinajstić information content (AvgIpc) is 2.95. The summed E-state index contributed by atoms with van der Waals surface area (Å²) in [6.07, 6.45) is 3.24. The number of anilines is 1. The van der Waals surface area contributed by atoms with Crippen molar-refractivity contribution in [2.45, 2.75) is 13.5 Å². The Morgan fingerprint density at radius 3 is 2.91 bits per heavy atom. The van der Waals surface area contributed by atoms with Gasteiger partial charge in [-0.3, -0.25) is 14.5 Å². The number of fused-ring (bicyclic) bond motifs is 1. The van der Waals surface area contributed by atoms with E-state index in [0.29, 0.717) is 22.4 Å². The summed E-state index contributed by atoms with van der Waals surface area (Å²) in [7, 11) is 1.62. The molecule has 0 saturated carbocycles. The maximum absolute atomic E-state index is 12.5. The number of aromatic nitrogens is 3. The summed E-state index contributed by atoms with van der Waals surface area (Å²) in [6.45, 7) is 2.55. The minimum Gasteiger partial charge on any atom is -0.497 e. The Kier molecular flexibility index (Phi) is 4.29. The van der Waals surface area contributed by atoms with E-state index in [4.69, 9.17) is 4.74 Å². The second kappa shape index (κ2) is 6.37. The number of ether oxygens (including phenoxy) is 1. The van der Waals surface area contributed by atoms with Crippen LogP contribution in [-0.4, -0.2) is 27.8 Å². The summed E-state index contributed by atoms with van der Waals surface area (Å²) in [6, 6.07) is 7.49. The molecular formula is C16H15BrN4O2. The van der Waals surface area contributed by atoms with Crippen LogP contribution < -0.4 is 10.1 Å². The van der Waals surface area contributed by atoms with Gasteiger partial charge in [0, 0.05) is 18.0 Å². The van der Waals surface area contributed by atoms with Crippen LogP contribution in [0, 0.1) is 0 Å². The van der Waals surface area contributed by atoms with Crippen LogP contribution in [0.15, 0.2) is 41.1 Å². The van der Waals surface area contributed by atoms with Crippen LogP contribution in [0.5, 0.6) is 5.75 Å². The molecule has 0 saturated heterocycles. The average molecular weight is 375 g/mol. The molecule has 0 aliphatic rings. The molecule has 7 heteroatoms. The van der Waals surface area contributed by atoms with Crippen LogP contribution in [0.25, 0.3) is 10.9 Å². The van der Waals surface area contributed by atoms with Crippen molar-refractivity contribution in [1.82, 2.24) is 14.8 Å². The number of aryl methyl sites for hydroxylation is 1. The number of carbonyl (C=O) groups is 1. The van der Waals surface area contributed by atoms with Crippen molar-refractivity contribution in [3.8, 4) is 5.75 Å². The Balaban J connectivity index is 1.89. The Morgan fingerprint density at radius 1 is 1.35 bits per heavy atom. The summed E-state index contributed by atoms with van der Waals surface area (Å²) in [4.78, 5) is 16.8. The van der Waals surface area contributed by atoms with Crippen molar-refractivity contribution in [1.29, 1.82) is 0 Å². The lowest BCUT2D eigenvalue weighted by Crippen LogP contribution is -2.18. The van der Waals surface area contributed by atoms with Gasteiger partial charge in [0.2, 0.25) is 0 Å². The minimum atomic E-state index is -0.231. The topological polar surface area (TPSA) is 69.0 Å². The van der Waals surface area contributed by atoms with Crippen molar-refractivity contribution < 1.29 is 9.53 Å². The molecule has 0 fully saturated rings. The maximum atomic E-state index is 12.5. The number of methoxy groups -OCH3 is 1. The second-order valence-electron chi connectivity index (χ2n) is 4.89. The molecule has 1 aromatic carbocycles. The first-order valence-electron chi connectivity index (χ1n) is 7.09. The van der Waals surface area contributed by atoms with Crippen LogP contribution in [-0.2, 0) is 6.54 Å². The van der Waals surface area contributed by atoms with Gasteiger partial charge in [0.25, 0.3) is 5.91 Å². The maximum Gasteiger partial charge on any atom is 0.275 e. The van der Waals surface area contributed by atoms with Crippen LogP contribution in [0.3, 0.4) is 0 Å². The van der Waals surface area contributed by atoms with Crippen molar-refractivity contribution in [2.24, 2.45) is 0 Å². The Hall–Kier alpha value is -2.41. The van der Waals surface area contributed by atoms with Gasteiger partial charge in [0.05, 0.1) is 35.2 Å². The molecule has 0 aliphatic heterocycles. The van der Waals surface area contributed by atoms with Crippen LogP contribution in [0.1, 0.15) is 17.4 Å². The molecule has 3 aromatic rings. The fourth-order valence-corrected chi connectivity index (χ4v) is 2.79. The standard InChI is InChI=1S/C16H15BrN4O2/c1-3-21-15(13(17)9-19-21)16(22)20-11-6-10-4-5-12(23-2)7-14(10)18-8-11/h4-9H,3H2,1-2H3,(H,20,22). The number of nitrogens with zero attached hydrogens (tertiary/aromatic N) is 3. The summed E-state index contributed by atoms with van der Waals surface area (Å²) >= 11 is 3.35. The lowest BCUT2D eigenvalue weighted by atomic mass is 10.2. The van der Waals surface area contributed by atoms with Gasteiger partial charge in [0.1, 0.15) is 11.4 Å². The Morgan fingerprint density at radius 2 is 2.17 bits per heavy atom. The third-order valence-corrected chi connectivity index (χ3v) is 4.04. The van der Waals surface area contributed by atoms with Gasteiger partial charge < -0.3 is 10.1 Å². The van der Waals surface area contributed by atoms with Crippen molar-refractivity contribution in [2.75, 3.05) is 12.4 Å².